The first-order chi connectivity index (χ1) is 11.2. The summed E-state index contributed by atoms with van der Waals surface area (Å²) in [4.78, 5) is 2.36. The lowest BCUT2D eigenvalue weighted by Crippen LogP contribution is -2.34. The highest BCUT2D eigenvalue weighted by Gasteiger charge is 2.24. The fourth-order valence-electron chi connectivity index (χ4n) is 3.02. The molecule has 7 heteroatoms. The monoisotopic (exact) mass is 319 g/mol. The van der Waals surface area contributed by atoms with Crippen molar-refractivity contribution in [3.63, 3.8) is 0 Å². The molecule has 1 atom stereocenters. The van der Waals surface area contributed by atoms with Gasteiger partial charge in [-0.3, -0.25) is 9.58 Å². The molecule has 1 fully saturated rings. The van der Waals surface area contributed by atoms with Crippen LogP contribution >= 0.6 is 0 Å². The zero-order valence-electron chi connectivity index (χ0n) is 13.9. The summed E-state index contributed by atoms with van der Waals surface area (Å²) in [6.45, 7) is 7.48. The number of rotatable bonds is 6. The van der Waals surface area contributed by atoms with Gasteiger partial charge in [0.2, 0.25) is 11.8 Å². The van der Waals surface area contributed by atoms with E-state index in [1.165, 1.54) is 0 Å². The fraction of sp³-hybridized carbons (Fsp3) is 0.688. The Balaban J connectivity index is 1.60. The average molecular weight is 319 g/mol. The van der Waals surface area contributed by atoms with Gasteiger partial charge in [-0.05, 0) is 25.5 Å². The highest BCUT2D eigenvalue weighted by molar-refractivity contribution is 5.08. The van der Waals surface area contributed by atoms with Gasteiger partial charge < -0.3 is 9.52 Å². The molecule has 0 radical (unpaired) electrons. The zero-order chi connectivity index (χ0) is 16.2. The molecule has 2 aromatic heterocycles. The van der Waals surface area contributed by atoms with Crippen LogP contribution < -0.4 is 0 Å². The van der Waals surface area contributed by atoms with E-state index in [1.807, 2.05) is 6.20 Å². The standard InChI is InChI=1S/C16H25N5O2/c1-12(2)16-18-17-15(23-16)11-20-6-3-4-13(10-20)14-5-7-21(19-14)8-9-22/h5,7,12-13,22H,3-4,6,8-11H2,1-2H3/t13-/m1/s1. The van der Waals surface area contributed by atoms with Crippen LogP contribution in [0.5, 0.6) is 0 Å². The van der Waals surface area contributed by atoms with Crippen LogP contribution in [0, 0.1) is 0 Å². The normalized spacial score (nSPS) is 19.6. The Morgan fingerprint density at radius 3 is 3.00 bits per heavy atom. The van der Waals surface area contributed by atoms with Crippen LogP contribution in [-0.2, 0) is 13.1 Å². The smallest absolute Gasteiger partial charge is 0.230 e. The molecule has 1 aliphatic heterocycles. The Labute approximate surface area is 136 Å². The molecular formula is C16H25N5O2. The zero-order valence-corrected chi connectivity index (χ0v) is 13.9. The molecule has 23 heavy (non-hydrogen) atoms. The number of piperidine rings is 1. The molecule has 0 amide bonds. The van der Waals surface area contributed by atoms with Crippen LogP contribution in [0.2, 0.25) is 0 Å². The molecule has 0 saturated carbocycles. The molecule has 0 spiro atoms. The number of likely N-dealkylation sites (tertiary alicyclic amines) is 1. The van der Waals surface area contributed by atoms with Crippen molar-refractivity contribution < 1.29 is 9.52 Å². The minimum Gasteiger partial charge on any atom is -0.424 e. The lowest BCUT2D eigenvalue weighted by Gasteiger charge is -2.30. The Morgan fingerprint density at radius 2 is 2.26 bits per heavy atom. The van der Waals surface area contributed by atoms with Crippen molar-refractivity contribution >= 4 is 0 Å². The Hall–Kier alpha value is -1.73. The van der Waals surface area contributed by atoms with E-state index in [2.05, 4.69) is 40.1 Å². The van der Waals surface area contributed by atoms with Crippen molar-refractivity contribution in [3.8, 4) is 0 Å². The molecule has 3 rings (SSSR count). The molecule has 3 heterocycles. The van der Waals surface area contributed by atoms with Crippen molar-refractivity contribution in [1.29, 1.82) is 0 Å². The van der Waals surface area contributed by atoms with E-state index < -0.39 is 0 Å². The van der Waals surface area contributed by atoms with Gasteiger partial charge in [0.15, 0.2) is 0 Å². The lowest BCUT2D eigenvalue weighted by molar-refractivity contribution is 0.180. The molecule has 2 aromatic rings. The third-order valence-electron chi connectivity index (χ3n) is 4.25. The third-order valence-corrected chi connectivity index (χ3v) is 4.25. The Bertz CT molecular complexity index is 622. The summed E-state index contributed by atoms with van der Waals surface area (Å²) in [6.07, 6.45) is 4.23. The number of nitrogens with zero attached hydrogens (tertiary/aromatic N) is 5. The summed E-state index contributed by atoms with van der Waals surface area (Å²) in [6, 6.07) is 2.06. The van der Waals surface area contributed by atoms with Crippen LogP contribution in [0.4, 0.5) is 0 Å². The van der Waals surface area contributed by atoms with E-state index in [-0.39, 0.29) is 12.5 Å². The highest BCUT2D eigenvalue weighted by Crippen LogP contribution is 2.26. The average Bonchev–Trinajstić information content (AvgIpc) is 3.17. The van der Waals surface area contributed by atoms with Gasteiger partial charge in [-0.2, -0.15) is 5.10 Å². The summed E-state index contributed by atoms with van der Waals surface area (Å²) in [5, 5.41) is 21.8. The minimum atomic E-state index is 0.118. The number of aromatic nitrogens is 4. The van der Waals surface area contributed by atoms with Crippen molar-refractivity contribution in [2.75, 3.05) is 19.7 Å². The van der Waals surface area contributed by atoms with Gasteiger partial charge >= 0.3 is 0 Å². The lowest BCUT2D eigenvalue weighted by atomic mass is 9.95. The van der Waals surface area contributed by atoms with Crippen LogP contribution in [0.3, 0.4) is 0 Å². The maximum atomic E-state index is 8.99. The second kappa shape index (κ2) is 7.23. The molecule has 0 aromatic carbocycles. The van der Waals surface area contributed by atoms with Gasteiger partial charge in [-0.1, -0.05) is 13.8 Å². The Morgan fingerprint density at radius 1 is 1.39 bits per heavy atom. The van der Waals surface area contributed by atoms with Crippen LogP contribution in [0.25, 0.3) is 0 Å². The van der Waals surface area contributed by atoms with Crippen molar-refractivity contribution in [1.82, 2.24) is 24.9 Å². The van der Waals surface area contributed by atoms with Gasteiger partial charge in [0.1, 0.15) is 0 Å². The second-order valence-corrected chi connectivity index (χ2v) is 6.49. The molecule has 1 aliphatic rings. The van der Waals surface area contributed by atoms with Crippen molar-refractivity contribution in [2.24, 2.45) is 0 Å². The second-order valence-electron chi connectivity index (χ2n) is 6.49. The molecule has 1 N–H and O–H groups in total. The molecule has 7 nitrogen and oxygen atoms in total. The van der Waals surface area contributed by atoms with Crippen LogP contribution in [-0.4, -0.2) is 49.7 Å². The summed E-state index contributed by atoms with van der Waals surface area (Å²) in [7, 11) is 0. The highest BCUT2D eigenvalue weighted by atomic mass is 16.4. The predicted molar refractivity (Wildman–Crippen MR) is 85.0 cm³/mol. The van der Waals surface area contributed by atoms with Gasteiger partial charge in [0.05, 0.1) is 25.4 Å². The van der Waals surface area contributed by atoms with Crippen molar-refractivity contribution in [2.45, 2.75) is 51.6 Å². The van der Waals surface area contributed by atoms with E-state index in [0.29, 0.717) is 30.8 Å². The first-order valence-corrected chi connectivity index (χ1v) is 8.34. The summed E-state index contributed by atoms with van der Waals surface area (Å²) in [5.41, 5.74) is 1.11. The number of hydrogen-bond acceptors (Lipinski definition) is 6. The number of aliphatic hydroxyl groups is 1. The first-order valence-electron chi connectivity index (χ1n) is 8.34. The minimum absolute atomic E-state index is 0.118. The van der Waals surface area contributed by atoms with Gasteiger partial charge in [0.25, 0.3) is 0 Å². The summed E-state index contributed by atoms with van der Waals surface area (Å²) in [5.74, 6) is 2.09. The third kappa shape index (κ3) is 3.97. The molecule has 0 bridgehead atoms. The molecule has 0 unspecified atom stereocenters. The maximum absolute atomic E-state index is 8.99. The van der Waals surface area contributed by atoms with Gasteiger partial charge in [-0.25, -0.2) is 0 Å². The van der Waals surface area contributed by atoms with Crippen LogP contribution in [0.1, 0.15) is 56.0 Å². The maximum Gasteiger partial charge on any atom is 0.230 e. The fourth-order valence-corrected chi connectivity index (χ4v) is 3.02. The topological polar surface area (TPSA) is 80.2 Å². The molecular weight excluding hydrogens is 294 g/mol. The predicted octanol–water partition coefficient (Wildman–Crippen LogP) is 1.76. The largest absolute Gasteiger partial charge is 0.424 e. The van der Waals surface area contributed by atoms with Crippen LogP contribution in [0.15, 0.2) is 16.7 Å². The number of hydrogen-bond donors (Lipinski definition) is 1. The number of aliphatic hydroxyl groups excluding tert-OH is 1. The van der Waals surface area contributed by atoms with E-state index >= 15 is 0 Å². The van der Waals surface area contributed by atoms with E-state index in [9.17, 15) is 0 Å². The van der Waals surface area contributed by atoms with E-state index in [0.717, 1.165) is 31.6 Å². The SMILES string of the molecule is CC(C)c1nnc(CN2CCC[C@@H](c3ccn(CCO)n3)C2)o1. The molecule has 1 saturated heterocycles. The molecule has 0 aliphatic carbocycles. The Kier molecular flexibility index (Phi) is 5.07. The summed E-state index contributed by atoms with van der Waals surface area (Å²) >= 11 is 0. The first kappa shape index (κ1) is 16.1. The van der Waals surface area contributed by atoms with Gasteiger partial charge in [0, 0.05) is 24.6 Å². The summed E-state index contributed by atoms with van der Waals surface area (Å²) < 4.78 is 7.52. The quantitative estimate of drug-likeness (QED) is 0.874. The van der Waals surface area contributed by atoms with Gasteiger partial charge in [-0.15, -0.1) is 10.2 Å². The van der Waals surface area contributed by atoms with Crippen molar-refractivity contribution in [3.05, 3.63) is 29.7 Å². The van der Waals surface area contributed by atoms with E-state index in [4.69, 9.17) is 9.52 Å². The van der Waals surface area contributed by atoms with E-state index in [1.54, 1.807) is 4.68 Å². The molecule has 126 valence electrons.